The number of hydrogen-bond acceptors (Lipinski definition) is 4. The Morgan fingerprint density at radius 1 is 1.21 bits per heavy atom. The van der Waals surface area contributed by atoms with Gasteiger partial charge in [0.2, 0.25) is 5.91 Å². The first-order valence-electron chi connectivity index (χ1n) is 8.08. The van der Waals surface area contributed by atoms with Gasteiger partial charge in [0, 0.05) is 25.2 Å². The SMILES string of the molecule is Cc1ccc(NC(=O)CCNC(=O)OC(C)(C)C)c(CN(C)C)c1. The molecule has 1 aromatic carbocycles. The summed E-state index contributed by atoms with van der Waals surface area (Å²) in [5.41, 5.74) is 2.47. The van der Waals surface area contributed by atoms with E-state index in [1.807, 2.05) is 33.2 Å². The summed E-state index contributed by atoms with van der Waals surface area (Å²) in [6.45, 7) is 8.38. The monoisotopic (exact) mass is 335 g/mol. The van der Waals surface area contributed by atoms with Gasteiger partial charge in [-0.2, -0.15) is 0 Å². The average molecular weight is 335 g/mol. The van der Waals surface area contributed by atoms with Crippen molar-refractivity contribution in [2.45, 2.75) is 46.3 Å². The van der Waals surface area contributed by atoms with Gasteiger partial charge >= 0.3 is 6.09 Å². The van der Waals surface area contributed by atoms with Crippen LogP contribution in [0.15, 0.2) is 18.2 Å². The molecule has 0 saturated heterocycles. The molecule has 1 rings (SSSR count). The van der Waals surface area contributed by atoms with Crippen molar-refractivity contribution in [2.75, 3.05) is 26.0 Å². The third kappa shape index (κ3) is 7.97. The van der Waals surface area contributed by atoms with Gasteiger partial charge in [-0.15, -0.1) is 0 Å². The van der Waals surface area contributed by atoms with Crippen LogP contribution in [0.1, 0.15) is 38.3 Å². The molecule has 24 heavy (non-hydrogen) atoms. The minimum Gasteiger partial charge on any atom is -0.444 e. The van der Waals surface area contributed by atoms with Crippen molar-refractivity contribution in [1.29, 1.82) is 0 Å². The van der Waals surface area contributed by atoms with Crippen LogP contribution in [0.2, 0.25) is 0 Å². The number of anilines is 1. The van der Waals surface area contributed by atoms with Crippen LogP contribution in [0.5, 0.6) is 0 Å². The van der Waals surface area contributed by atoms with Crippen molar-refractivity contribution in [3.05, 3.63) is 29.3 Å². The Bertz CT molecular complexity index is 577. The summed E-state index contributed by atoms with van der Waals surface area (Å²) in [6.07, 6.45) is -0.326. The van der Waals surface area contributed by atoms with Gasteiger partial charge in [-0.25, -0.2) is 4.79 Å². The number of rotatable bonds is 6. The van der Waals surface area contributed by atoms with Crippen molar-refractivity contribution in [3.63, 3.8) is 0 Å². The van der Waals surface area contributed by atoms with Gasteiger partial charge in [0.25, 0.3) is 0 Å². The molecule has 0 radical (unpaired) electrons. The highest BCUT2D eigenvalue weighted by Gasteiger charge is 2.16. The maximum atomic E-state index is 12.1. The van der Waals surface area contributed by atoms with E-state index < -0.39 is 11.7 Å². The van der Waals surface area contributed by atoms with Gasteiger partial charge in [-0.3, -0.25) is 4.79 Å². The van der Waals surface area contributed by atoms with E-state index in [1.54, 1.807) is 20.8 Å². The van der Waals surface area contributed by atoms with Crippen LogP contribution in [-0.2, 0) is 16.1 Å². The minimum atomic E-state index is -0.546. The minimum absolute atomic E-state index is 0.144. The van der Waals surface area contributed by atoms with Crippen LogP contribution >= 0.6 is 0 Å². The molecule has 0 aliphatic rings. The maximum Gasteiger partial charge on any atom is 0.407 e. The van der Waals surface area contributed by atoms with Crippen LogP contribution in [0, 0.1) is 6.92 Å². The zero-order valence-electron chi connectivity index (χ0n) is 15.5. The molecule has 0 spiro atoms. The molecule has 6 heteroatoms. The number of hydrogen-bond donors (Lipinski definition) is 2. The zero-order valence-corrected chi connectivity index (χ0v) is 15.5. The first-order chi connectivity index (χ1) is 11.1. The summed E-state index contributed by atoms with van der Waals surface area (Å²) in [7, 11) is 3.97. The summed E-state index contributed by atoms with van der Waals surface area (Å²) in [5, 5.41) is 5.49. The summed E-state index contributed by atoms with van der Waals surface area (Å²) in [6, 6.07) is 5.94. The molecule has 0 saturated carbocycles. The predicted molar refractivity (Wildman–Crippen MR) is 96.1 cm³/mol. The van der Waals surface area contributed by atoms with E-state index in [-0.39, 0.29) is 18.9 Å². The largest absolute Gasteiger partial charge is 0.444 e. The van der Waals surface area contributed by atoms with Crippen LogP contribution in [0.25, 0.3) is 0 Å². The van der Waals surface area contributed by atoms with E-state index in [0.29, 0.717) is 0 Å². The number of benzene rings is 1. The molecule has 1 aromatic rings. The van der Waals surface area contributed by atoms with Crippen LogP contribution in [-0.4, -0.2) is 43.1 Å². The number of nitrogens with one attached hydrogen (secondary N) is 2. The molecule has 0 aliphatic heterocycles. The fourth-order valence-corrected chi connectivity index (χ4v) is 2.12. The van der Waals surface area contributed by atoms with E-state index in [9.17, 15) is 9.59 Å². The highest BCUT2D eigenvalue weighted by molar-refractivity contribution is 5.91. The molecule has 0 fully saturated rings. The average Bonchev–Trinajstić information content (AvgIpc) is 2.39. The number of nitrogens with zero attached hydrogens (tertiary/aromatic N) is 1. The number of aryl methyl sites for hydroxylation is 1. The van der Waals surface area contributed by atoms with Crippen LogP contribution in [0.3, 0.4) is 0 Å². The lowest BCUT2D eigenvalue weighted by Gasteiger charge is -2.19. The second-order valence-corrected chi connectivity index (χ2v) is 7.13. The molecule has 0 heterocycles. The Balaban J connectivity index is 2.52. The normalized spacial score (nSPS) is 11.3. The standard InChI is InChI=1S/C18H29N3O3/c1-13-7-8-15(14(11-13)12-21(5)6)20-16(22)9-10-19-17(23)24-18(2,3)4/h7-8,11H,9-10,12H2,1-6H3,(H,19,23)(H,20,22). The molecule has 6 nitrogen and oxygen atoms in total. The Morgan fingerprint density at radius 2 is 1.88 bits per heavy atom. The van der Waals surface area contributed by atoms with Gasteiger partial charge in [0.1, 0.15) is 5.60 Å². The molecular weight excluding hydrogens is 306 g/mol. The molecule has 0 bridgehead atoms. The number of amides is 2. The molecule has 0 aliphatic carbocycles. The van der Waals surface area contributed by atoms with E-state index in [0.717, 1.165) is 23.4 Å². The van der Waals surface area contributed by atoms with Crippen LogP contribution < -0.4 is 10.6 Å². The van der Waals surface area contributed by atoms with E-state index in [2.05, 4.69) is 21.6 Å². The molecule has 2 amide bonds. The lowest BCUT2D eigenvalue weighted by atomic mass is 10.1. The Kier molecular flexibility index (Phi) is 7.22. The Labute approximate surface area is 144 Å². The first kappa shape index (κ1) is 20.0. The number of carbonyl (C=O) groups excluding carboxylic acids is 2. The summed E-state index contributed by atoms with van der Waals surface area (Å²) in [5.74, 6) is -0.144. The lowest BCUT2D eigenvalue weighted by Crippen LogP contribution is -2.34. The first-order valence-corrected chi connectivity index (χ1v) is 8.08. The number of ether oxygens (including phenoxy) is 1. The summed E-state index contributed by atoms with van der Waals surface area (Å²) >= 11 is 0. The third-order valence-corrected chi connectivity index (χ3v) is 3.04. The third-order valence-electron chi connectivity index (χ3n) is 3.04. The number of alkyl carbamates (subject to hydrolysis) is 1. The fourth-order valence-electron chi connectivity index (χ4n) is 2.12. The van der Waals surface area contributed by atoms with Crippen LogP contribution in [0.4, 0.5) is 10.5 Å². The molecule has 0 aromatic heterocycles. The Morgan fingerprint density at radius 3 is 2.46 bits per heavy atom. The van der Waals surface area contributed by atoms with Crippen molar-refractivity contribution in [2.24, 2.45) is 0 Å². The van der Waals surface area contributed by atoms with E-state index in [1.165, 1.54) is 0 Å². The Hall–Kier alpha value is -2.08. The van der Waals surface area contributed by atoms with E-state index >= 15 is 0 Å². The van der Waals surface area contributed by atoms with Crippen molar-refractivity contribution >= 4 is 17.7 Å². The molecule has 0 unspecified atom stereocenters. The van der Waals surface area contributed by atoms with Crippen molar-refractivity contribution in [3.8, 4) is 0 Å². The van der Waals surface area contributed by atoms with Gasteiger partial charge in [-0.05, 0) is 53.4 Å². The lowest BCUT2D eigenvalue weighted by molar-refractivity contribution is -0.116. The van der Waals surface area contributed by atoms with Gasteiger partial charge < -0.3 is 20.3 Å². The number of carbonyl (C=O) groups is 2. The summed E-state index contributed by atoms with van der Waals surface area (Å²) < 4.78 is 5.13. The highest BCUT2D eigenvalue weighted by atomic mass is 16.6. The molecular formula is C18H29N3O3. The van der Waals surface area contributed by atoms with Gasteiger partial charge in [-0.1, -0.05) is 17.7 Å². The second kappa shape index (κ2) is 8.68. The smallest absolute Gasteiger partial charge is 0.407 e. The highest BCUT2D eigenvalue weighted by Crippen LogP contribution is 2.19. The zero-order chi connectivity index (χ0) is 18.3. The topological polar surface area (TPSA) is 70.7 Å². The second-order valence-electron chi connectivity index (χ2n) is 7.13. The molecule has 2 N–H and O–H groups in total. The van der Waals surface area contributed by atoms with Gasteiger partial charge in [0.15, 0.2) is 0 Å². The maximum absolute atomic E-state index is 12.1. The summed E-state index contributed by atoms with van der Waals surface area (Å²) in [4.78, 5) is 25.7. The van der Waals surface area contributed by atoms with Crippen molar-refractivity contribution < 1.29 is 14.3 Å². The van der Waals surface area contributed by atoms with Crippen molar-refractivity contribution in [1.82, 2.24) is 10.2 Å². The molecule has 0 atom stereocenters. The fraction of sp³-hybridized carbons (Fsp3) is 0.556. The predicted octanol–water partition coefficient (Wildman–Crippen LogP) is 2.91. The van der Waals surface area contributed by atoms with Gasteiger partial charge in [0.05, 0.1) is 0 Å². The molecule has 134 valence electrons. The quantitative estimate of drug-likeness (QED) is 0.838. The van der Waals surface area contributed by atoms with E-state index in [4.69, 9.17) is 4.74 Å².